The molecule has 2 aromatic heterocycles. The highest BCUT2D eigenvalue weighted by Crippen LogP contribution is 2.31. The highest BCUT2D eigenvalue weighted by Gasteiger charge is 2.37. The predicted octanol–water partition coefficient (Wildman–Crippen LogP) is 1.67. The van der Waals surface area contributed by atoms with Gasteiger partial charge < -0.3 is 10.2 Å². The Morgan fingerprint density at radius 2 is 2.21 bits per heavy atom. The largest absolute Gasteiger partial charge is 0.352 e. The number of amides is 2. The molecule has 2 aromatic rings. The van der Waals surface area contributed by atoms with Crippen molar-refractivity contribution in [1.29, 1.82) is 0 Å². The summed E-state index contributed by atoms with van der Waals surface area (Å²) in [6.45, 7) is 1.000. The fourth-order valence-corrected chi connectivity index (χ4v) is 4.53. The van der Waals surface area contributed by atoms with Crippen molar-refractivity contribution >= 4 is 23.2 Å². The minimum absolute atomic E-state index is 0.109. The van der Waals surface area contributed by atoms with E-state index in [1.54, 1.807) is 4.90 Å². The third kappa shape index (κ3) is 2.43. The summed E-state index contributed by atoms with van der Waals surface area (Å²) >= 11 is 1.50. The lowest BCUT2D eigenvalue weighted by Crippen LogP contribution is -2.52. The minimum Gasteiger partial charge on any atom is -0.352 e. The topological polar surface area (TPSA) is 67.2 Å². The lowest BCUT2D eigenvalue weighted by molar-refractivity contribution is -0.127. The smallest absolute Gasteiger partial charge is 0.275 e. The predicted molar refractivity (Wildman–Crippen MR) is 91.0 cm³/mol. The summed E-state index contributed by atoms with van der Waals surface area (Å²) in [6.07, 6.45) is 4.10. The van der Waals surface area contributed by atoms with Crippen LogP contribution >= 0.6 is 11.3 Å². The van der Waals surface area contributed by atoms with E-state index in [0.29, 0.717) is 18.8 Å². The lowest BCUT2D eigenvalue weighted by atomic mass is 9.95. The molecule has 0 bridgehead atoms. The fourth-order valence-electron chi connectivity index (χ4n) is 3.70. The van der Waals surface area contributed by atoms with E-state index in [2.05, 4.69) is 10.4 Å². The molecule has 1 fully saturated rings. The van der Waals surface area contributed by atoms with Crippen LogP contribution in [0.25, 0.3) is 0 Å². The number of piperazine rings is 1. The molecule has 3 heterocycles. The van der Waals surface area contributed by atoms with Crippen LogP contribution in [0.1, 0.15) is 45.5 Å². The number of fused-ring (bicyclic) bond motifs is 1. The van der Waals surface area contributed by atoms with Gasteiger partial charge in [-0.25, -0.2) is 0 Å². The van der Waals surface area contributed by atoms with Gasteiger partial charge in [-0.3, -0.25) is 14.3 Å². The summed E-state index contributed by atoms with van der Waals surface area (Å²) in [6, 6.07) is 3.27. The number of nitrogens with zero attached hydrogens (tertiary/aromatic N) is 3. The van der Waals surface area contributed by atoms with Crippen LogP contribution in [0.2, 0.25) is 0 Å². The summed E-state index contributed by atoms with van der Waals surface area (Å²) in [5, 5.41) is 9.31. The van der Waals surface area contributed by atoms with Gasteiger partial charge in [0.05, 0.1) is 0 Å². The molecule has 2 aliphatic rings. The number of carbonyl (C=O) groups excluding carboxylic acids is 2. The van der Waals surface area contributed by atoms with Crippen molar-refractivity contribution in [2.45, 2.75) is 31.7 Å². The molecule has 1 saturated heterocycles. The number of hydrogen-bond donors (Lipinski definition) is 1. The SMILES string of the molecule is Cn1nc(C(=O)N2CCNC(=O)C2c2cccs2)c2c1CCCC2. The van der Waals surface area contributed by atoms with Crippen molar-refractivity contribution in [3.63, 3.8) is 0 Å². The first-order chi connectivity index (χ1) is 11.7. The van der Waals surface area contributed by atoms with Crippen LogP contribution in [0.3, 0.4) is 0 Å². The molecule has 4 rings (SSSR count). The molecule has 1 unspecified atom stereocenters. The van der Waals surface area contributed by atoms with Crippen LogP contribution in [0.4, 0.5) is 0 Å². The van der Waals surface area contributed by atoms with Crippen molar-refractivity contribution in [2.24, 2.45) is 7.05 Å². The first-order valence-electron chi connectivity index (χ1n) is 8.33. The molecule has 0 radical (unpaired) electrons. The average Bonchev–Trinajstić information content (AvgIpc) is 3.23. The molecule has 1 atom stereocenters. The van der Waals surface area contributed by atoms with Crippen molar-refractivity contribution in [3.8, 4) is 0 Å². The Kier molecular flexibility index (Phi) is 3.88. The van der Waals surface area contributed by atoms with Crippen LogP contribution in [-0.4, -0.2) is 39.6 Å². The van der Waals surface area contributed by atoms with Gasteiger partial charge >= 0.3 is 0 Å². The number of carbonyl (C=O) groups is 2. The van der Waals surface area contributed by atoms with Crippen molar-refractivity contribution < 1.29 is 9.59 Å². The van der Waals surface area contributed by atoms with E-state index in [4.69, 9.17) is 0 Å². The Bertz CT molecular complexity index is 781. The number of nitrogens with one attached hydrogen (secondary N) is 1. The molecule has 1 aliphatic heterocycles. The maximum absolute atomic E-state index is 13.2. The molecule has 1 N–H and O–H groups in total. The van der Waals surface area contributed by atoms with Gasteiger partial charge in [0.1, 0.15) is 6.04 Å². The Morgan fingerprint density at radius 3 is 3.00 bits per heavy atom. The zero-order valence-corrected chi connectivity index (χ0v) is 14.4. The highest BCUT2D eigenvalue weighted by molar-refractivity contribution is 7.10. The van der Waals surface area contributed by atoms with Gasteiger partial charge in [0.25, 0.3) is 5.91 Å². The minimum atomic E-state index is -0.549. The maximum atomic E-state index is 13.2. The molecule has 24 heavy (non-hydrogen) atoms. The molecule has 1 aliphatic carbocycles. The summed E-state index contributed by atoms with van der Waals surface area (Å²) < 4.78 is 1.84. The zero-order chi connectivity index (χ0) is 16.7. The lowest BCUT2D eigenvalue weighted by Gasteiger charge is -2.34. The van der Waals surface area contributed by atoms with E-state index in [-0.39, 0.29) is 11.8 Å². The fraction of sp³-hybridized carbons (Fsp3) is 0.471. The molecule has 2 amide bonds. The van der Waals surface area contributed by atoms with Gasteiger partial charge in [-0.05, 0) is 37.1 Å². The highest BCUT2D eigenvalue weighted by atomic mass is 32.1. The molecule has 0 saturated carbocycles. The van der Waals surface area contributed by atoms with E-state index < -0.39 is 6.04 Å². The van der Waals surface area contributed by atoms with E-state index in [0.717, 1.165) is 36.1 Å². The second-order valence-corrected chi connectivity index (χ2v) is 7.29. The average molecular weight is 344 g/mol. The van der Waals surface area contributed by atoms with Gasteiger partial charge in [-0.15, -0.1) is 11.3 Å². The van der Waals surface area contributed by atoms with Gasteiger partial charge in [0.15, 0.2) is 5.69 Å². The second kappa shape index (κ2) is 6.05. The van der Waals surface area contributed by atoms with Gasteiger partial charge in [0, 0.05) is 36.3 Å². The number of aromatic nitrogens is 2. The zero-order valence-electron chi connectivity index (χ0n) is 13.6. The maximum Gasteiger partial charge on any atom is 0.275 e. The van der Waals surface area contributed by atoms with Crippen LogP contribution in [-0.2, 0) is 24.7 Å². The van der Waals surface area contributed by atoms with E-state index in [1.165, 1.54) is 17.0 Å². The standard InChI is InChI=1S/C17H20N4O2S/c1-20-12-6-3-2-5-11(12)14(19-20)17(23)21-9-8-18-16(22)15(21)13-7-4-10-24-13/h4,7,10,15H,2-3,5-6,8-9H2,1H3,(H,18,22). The van der Waals surface area contributed by atoms with Gasteiger partial charge in [-0.2, -0.15) is 5.10 Å². The third-order valence-electron chi connectivity index (χ3n) is 4.85. The van der Waals surface area contributed by atoms with Crippen molar-refractivity contribution in [3.05, 3.63) is 39.3 Å². The molecule has 6 nitrogen and oxygen atoms in total. The van der Waals surface area contributed by atoms with Gasteiger partial charge in [0.2, 0.25) is 5.91 Å². The molecule has 126 valence electrons. The summed E-state index contributed by atoms with van der Waals surface area (Å²) in [7, 11) is 1.90. The number of hydrogen-bond acceptors (Lipinski definition) is 4. The quantitative estimate of drug-likeness (QED) is 0.901. The van der Waals surface area contributed by atoms with Crippen LogP contribution in [0, 0.1) is 0 Å². The molecule has 0 spiro atoms. The number of aryl methyl sites for hydroxylation is 1. The van der Waals surface area contributed by atoms with E-state index in [1.807, 2.05) is 29.2 Å². The van der Waals surface area contributed by atoms with E-state index in [9.17, 15) is 9.59 Å². The summed E-state index contributed by atoms with van der Waals surface area (Å²) in [5.41, 5.74) is 2.77. The first kappa shape index (κ1) is 15.4. The Labute approximate surface area is 144 Å². The van der Waals surface area contributed by atoms with E-state index >= 15 is 0 Å². The molecular weight excluding hydrogens is 324 g/mol. The normalized spacial score (nSPS) is 20.6. The Morgan fingerprint density at radius 1 is 1.38 bits per heavy atom. The van der Waals surface area contributed by atoms with Crippen LogP contribution in [0.5, 0.6) is 0 Å². The molecule has 0 aromatic carbocycles. The second-order valence-electron chi connectivity index (χ2n) is 6.31. The van der Waals surface area contributed by atoms with Crippen LogP contribution < -0.4 is 5.32 Å². The van der Waals surface area contributed by atoms with Crippen molar-refractivity contribution in [1.82, 2.24) is 20.0 Å². The Hall–Kier alpha value is -2.15. The summed E-state index contributed by atoms with van der Waals surface area (Å²) in [4.78, 5) is 28.2. The van der Waals surface area contributed by atoms with Crippen molar-refractivity contribution in [2.75, 3.05) is 13.1 Å². The summed E-state index contributed by atoms with van der Waals surface area (Å²) in [5.74, 6) is -0.233. The molecular formula is C17H20N4O2S. The monoisotopic (exact) mass is 344 g/mol. The third-order valence-corrected chi connectivity index (χ3v) is 5.78. The number of thiophene rings is 1. The molecule has 7 heteroatoms. The Balaban J connectivity index is 1.71. The van der Waals surface area contributed by atoms with Crippen LogP contribution in [0.15, 0.2) is 17.5 Å². The number of rotatable bonds is 2. The van der Waals surface area contributed by atoms with Gasteiger partial charge in [-0.1, -0.05) is 6.07 Å². The first-order valence-corrected chi connectivity index (χ1v) is 9.21.